The molecule has 3 heterocycles. The highest BCUT2D eigenvalue weighted by Gasteiger charge is 2.25. The number of nitrogens with one attached hydrogen (secondary N) is 1. The molecule has 2 atom stereocenters. The lowest BCUT2D eigenvalue weighted by molar-refractivity contribution is 0.326. The van der Waals surface area contributed by atoms with Crippen LogP contribution in [-0.4, -0.2) is 14.8 Å². The van der Waals surface area contributed by atoms with Gasteiger partial charge in [0.05, 0.1) is 12.1 Å². The lowest BCUT2D eigenvalue weighted by atomic mass is 10.1. The summed E-state index contributed by atoms with van der Waals surface area (Å²) in [5.41, 5.74) is 0.861. The van der Waals surface area contributed by atoms with Crippen molar-refractivity contribution in [2.45, 2.75) is 38.4 Å². The fourth-order valence-electron chi connectivity index (χ4n) is 3.08. The van der Waals surface area contributed by atoms with Gasteiger partial charge in [-0.25, -0.2) is 9.67 Å². The summed E-state index contributed by atoms with van der Waals surface area (Å²) in [5.74, 6) is 1.92. The van der Waals surface area contributed by atoms with Crippen LogP contribution in [0.5, 0.6) is 0 Å². The predicted molar refractivity (Wildman–Crippen MR) is 84.8 cm³/mol. The van der Waals surface area contributed by atoms with Crippen molar-refractivity contribution in [3.05, 3.63) is 47.2 Å². The number of rotatable bonds is 3. The van der Waals surface area contributed by atoms with Crippen LogP contribution in [0.15, 0.2) is 35.0 Å². The summed E-state index contributed by atoms with van der Waals surface area (Å²) in [4.78, 5) is 4.38. The first-order valence-electron chi connectivity index (χ1n) is 7.53. The molecule has 0 amide bonds. The molecule has 0 radical (unpaired) electrons. The molecule has 3 aromatic rings. The average Bonchev–Trinajstić information content (AvgIpc) is 3.13. The van der Waals surface area contributed by atoms with E-state index in [-0.39, 0.29) is 12.1 Å². The van der Waals surface area contributed by atoms with E-state index < -0.39 is 0 Å². The fourth-order valence-corrected chi connectivity index (χ4v) is 3.26. The first-order valence-corrected chi connectivity index (χ1v) is 7.91. The van der Waals surface area contributed by atoms with E-state index in [1.807, 2.05) is 28.9 Å². The highest BCUT2D eigenvalue weighted by molar-refractivity contribution is 6.31. The molecule has 0 saturated carbocycles. The zero-order valence-corrected chi connectivity index (χ0v) is 13.0. The lowest BCUT2D eigenvalue weighted by Crippen LogP contribution is -2.30. The van der Waals surface area contributed by atoms with Gasteiger partial charge in [0.2, 0.25) is 0 Å². The number of fused-ring (bicyclic) bond motifs is 2. The van der Waals surface area contributed by atoms with Crippen LogP contribution in [-0.2, 0) is 6.54 Å². The SMILES string of the molecule is CC(NC1CCCn2ncnc21)c1cc2cc(Cl)ccc2o1. The lowest BCUT2D eigenvalue weighted by Gasteiger charge is -2.25. The number of hydrogen-bond donors (Lipinski definition) is 1. The van der Waals surface area contributed by atoms with Gasteiger partial charge in [-0.15, -0.1) is 0 Å². The molecule has 1 aliphatic rings. The molecule has 0 spiro atoms. The topological polar surface area (TPSA) is 55.9 Å². The van der Waals surface area contributed by atoms with Crippen molar-refractivity contribution < 1.29 is 4.42 Å². The van der Waals surface area contributed by atoms with E-state index in [1.54, 1.807) is 6.33 Å². The van der Waals surface area contributed by atoms with Crippen molar-refractivity contribution in [1.82, 2.24) is 20.1 Å². The molecular weight excluding hydrogens is 300 g/mol. The zero-order chi connectivity index (χ0) is 15.1. The molecule has 2 unspecified atom stereocenters. The van der Waals surface area contributed by atoms with Crippen molar-refractivity contribution >= 4 is 22.6 Å². The zero-order valence-electron chi connectivity index (χ0n) is 12.3. The molecule has 5 nitrogen and oxygen atoms in total. The number of nitrogens with zero attached hydrogens (tertiary/aromatic N) is 3. The van der Waals surface area contributed by atoms with Crippen LogP contribution < -0.4 is 5.32 Å². The Bertz CT molecular complexity index is 809. The van der Waals surface area contributed by atoms with Gasteiger partial charge in [-0.3, -0.25) is 5.32 Å². The van der Waals surface area contributed by atoms with Crippen molar-refractivity contribution in [3.8, 4) is 0 Å². The summed E-state index contributed by atoms with van der Waals surface area (Å²) in [6.07, 6.45) is 3.80. The van der Waals surface area contributed by atoms with Gasteiger partial charge in [0.15, 0.2) is 0 Å². The second-order valence-corrected chi connectivity index (χ2v) is 6.19. The molecule has 0 fully saturated rings. The Hall–Kier alpha value is -1.85. The maximum atomic E-state index is 6.03. The van der Waals surface area contributed by atoms with E-state index in [0.717, 1.165) is 47.0 Å². The molecule has 6 heteroatoms. The smallest absolute Gasteiger partial charge is 0.143 e. The molecule has 114 valence electrons. The van der Waals surface area contributed by atoms with Gasteiger partial charge < -0.3 is 4.42 Å². The number of aryl methyl sites for hydroxylation is 1. The largest absolute Gasteiger partial charge is 0.459 e. The third-order valence-corrected chi connectivity index (χ3v) is 4.43. The van der Waals surface area contributed by atoms with E-state index >= 15 is 0 Å². The molecule has 1 aromatic carbocycles. The van der Waals surface area contributed by atoms with E-state index in [9.17, 15) is 0 Å². The monoisotopic (exact) mass is 316 g/mol. The summed E-state index contributed by atoms with van der Waals surface area (Å²) in [6.45, 7) is 3.06. The highest BCUT2D eigenvalue weighted by atomic mass is 35.5. The number of aromatic nitrogens is 3. The van der Waals surface area contributed by atoms with Gasteiger partial charge in [-0.1, -0.05) is 11.6 Å². The molecule has 0 aliphatic carbocycles. The molecule has 2 aromatic heterocycles. The minimum absolute atomic E-state index is 0.0967. The Kier molecular flexibility index (Phi) is 3.39. The molecule has 0 bridgehead atoms. The third-order valence-electron chi connectivity index (χ3n) is 4.20. The standard InChI is InChI=1S/C16H17ClN4O/c1-10(15-8-11-7-12(17)4-5-14(11)22-15)20-13-3-2-6-21-16(13)18-9-19-21/h4-5,7-10,13,20H,2-3,6H2,1H3. The minimum atomic E-state index is 0.0967. The van der Waals surface area contributed by atoms with Crippen LogP contribution in [0.4, 0.5) is 0 Å². The normalized spacial score (nSPS) is 19.3. The predicted octanol–water partition coefficient (Wildman–Crippen LogP) is 3.86. The van der Waals surface area contributed by atoms with E-state index in [4.69, 9.17) is 16.0 Å². The summed E-state index contributed by atoms with van der Waals surface area (Å²) >= 11 is 6.03. The van der Waals surface area contributed by atoms with Gasteiger partial charge in [-0.05, 0) is 44.0 Å². The Morgan fingerprint density at radius 2 is 2.32 bits per heavy atom. The van der Waals surface area contributed by atoms with Crippen LogP contribution in [0.1, 0.15) is 43.4 Å². The van der Waals surface area contributed by atoms with Crippen molar-refractivity contribution in [2.24, 2.45) is 0 Å². The molecule has 0 saturated heterocycles. The third kappa shape index (κ3) is 2.40. The summed E-state index contributed by atoms with van der Waals surface area (Å²) in [5, 5.41) is 9.62. The Labute approximate surface area is 133 Å². The van der Waals surface area contributed by atoms with Crippen LogP contribution in [0, 0.1) is 0 Å². The van der Waals surface area contributed by atoms with Crippen molar-refractivity contribution in [3.63, 3.8) is 0 Å². The molecule has 1 aliphatic heterocycles. The van der Waals surface area contributed by atoms with Gasteiger partial charge >= 0.3 is 0 Å². The summed E-state index contributed by atoms with van der Waals surface area (Å²) < 4.78 is 7.91. The Balaban J connectivity index is 1.58. The first-order chi connectivity index (χ1) is 10.7. The van der Waals surface area contributed by atoms with E-state index in [2.05, 4.69) is 22.3 Å². The fraction of sp³-hybridized carbons (Fsp3) is 0.375. The second-order valence-electron chi connectivity index (χ2n) is 5.76. The summed E-state index contributed by atoms with van der Waals surface area (Å²) in [7, 11) is 0. The van der Waals surface area contributed by atoms with Gasteiger partial charge in [-0.2, -0.15) is 5.10 Å². The minimum Gasteiger partial charge on any atom is -0.459 e. The van der Waals surface area contributed by atoms with Crippen LogP contribution in [0.25, 0.3) is 11.0 Å². The van der Waals surface area contributed by atoms with Gasteiger partial charge in [0, 0.05) is 17.0 Å². The second kappa shape index (κ2) is 5.41. The molecule has 22 heavy (non-hydrogen) atoms. The molecule has 4 rings (SSSR count). The highest BCUT2D eigenvalue weighted by Crippen LogP contribution is 2.29. The molecule has 1 N–H and O–H groups in total. The van der Waals surface area contributed by atoms with Gasteiger partial charge in [0.1, 0.15) is 23.5 Å². The van der Waals surface area contributed by atoms with Crippen molar-refractivity contribution in [1.29, 1.82) is 0 Å². The maximum Gasteiger partial charge on any atom is 0.143 e. The van der Waals surface area contributed by atoms with Crippen LogP contribution in [0.2, 0.25) is 5.02 Å². The van der Waals surface area contributed by atoms with E-state index in [1.165, 1.54) is 0 Å². The Morgan fingerprint density at radius 1 is 1.41 bits per heavy atom. The average molecular weight is 317 g/mol. The Morgan fingerprint density at radius 3 is 3.23 bits per heavy atom. The van der Waals surface area contributed by atoms with Crippen LogP contribution >= 0.6 is 11.6 Å². The number of benzene rings is 1. The number of furan rings is 1. The maximum absolute atomic E-state index is 6.03. The summed E-state index contributed by atoms with van der Waals surface area (Å²) in [6, 6.07) is 8.03. The first kappa shape index (κ1) is 13.8. The van der Waals surface area contributed by atoms with Gasteiger partial charge in [0.25, 0.3) is 0 Å². The molecular formula is C16H17ClN4O. The van der Waals surface area contributed by atoms with Crippen LogP contribution in [0.3, 0.4) is 0 Å². The van der Waals surface area contributed by atoms with E-state index in [0.29, 0.717) is 0 Å². The quantitative estimate of drug-likeness (QED) is 0.797. The van der Waals surface area contributed by atoms with Crippen molar-refractivity contribution in [2.75, 3.05) is 0 Å². The number of hydrogen-bond acceptors (Lipinski definition) is 4. The number of halogens is 1.